The van der Waals surface area contributed by atoms with Crippen molar-refractivity contribution in [2.24, 2.45) is 0 Å². The highest BCUT2D eigenvalue weighted by Gasteiger charge is 2.10. The molecule has 0 radical (unpaired) electrons. The number of likely N-dealkylation sites (N-methyl/N-ethyl adjacent to an activating group) is 1. The van der Waals surface area contributed by atoms with Crippen LogP contribution in [-0.4, -0.2) is 48.3 Å². The summed E-state index contributed by atoms with van der Waals surface area (Å²) in [6, 6.07) is 7.71. The monoisotopic (exact) mass is 267 g/mol. The number of Topliss-reactive ketones (excluding diaryl/α,β-unsaturated/α-hetero) is 1. The lowest BCUT2D eigenvalue weighted by molar-refractivity contribution is 0.0928. The van der Waals surface area contributed by atoms with Gasteiger partial charge in [0.1, 0.15) is 0 Å². The van der Waals surface area contributed by atoms with Crippen molar-refractivity contribution in [1.82, 2.24) is 4.90 Å². The molecule has 0 aliphatic heterocycles. The average Bonchev–Trinajstić information content (AvgIpc) is 2.43. The Balaban J connectivity index is 2.56. The van der Waals surface area contributed by atoms with Gasteiger partial charge in [-0.1, -0.05) is 19.1 Å². The maximum atomic E-state index is 12.1. The van der Waals surface area contributed by atoms with Crippen LogP contribution in [0.25, 0.3) is 0 Å². The van der Waals surface area contributed by atoms with Crippen LogP contribution in [0.15, 0.2) is 29.2 Å². The fourth-order valence-electron chi connectivity index (χ4n) is 1.71. The Labute approximate surface area is 113 Å². The van der Waals surface area contributed by atoms with Gasteiger partial charge in [-0.2, -0.15) is 0 Å². The largest absolute Gasteiger partial charge is 0.396 e. The predicted octanol–water partition coefficient (Wildman–Crippen LogP) is 2.30. The average molecular weight is 267 g/mol. The normalized spacial score (nSPS) is 10.9. The topological polar surface area (TPSA) is 40.5 Å². The smallest absolute Gasteiger partial charge is 0.176 e. The molecule has 0 fully saturated rings. The van der Waals surface area contributed by atoms with E-state index < -0.39 is 0 Å². The van der Waals surface area contributed by atoms with E-state index in [4.69, 9.17) is 5.11 Å². The maximum absolute atomic E-state index is 12.1. The van der Waals surface area contributed by atoms with Crippen LogP contribution in [0.5, 0.6) is 0 Å². The number of nitrogens with zero attached hydrogens (tertiary/aromatic N) is 1. The van der Waals surface area contributed by atoms with Gasteiger partial charge in [-0.3, -0.25) is 9.69 Å². The number of carbonyl (C=O) groups is 1. The van der Waals surface area contributed by atoms with Crippen molar-refractivity contribution in [3.8, 4) is 0 Å². The zero-order valence-corrected chi connectivity index (χ0v) is 11.9. The number of rotatable bonds is 8. The second kappa shape index (κ2) is 8.29. The van der Waals surface area contributed by atoms with Crippen LogP contribution in [0.2, 0.25) is 0 Å². The minimum atomic E-state index is 0.141. The lowest BCUT2D eigenvalue weighted by Crippen LogP contribution is -2.31. The van der Waals surface area contributed by atoms with E-state index in [9.17, 15) is 4.79 Å². The number of carbonyl (C=O) groups excluding carboxylic acids is 1. The number of hydrogen-bond acceptors (Lipinski definition) is 4. The van der Waals surface area contributed by atoms with E-state index in [1.54, 1.807) is 11.8 Å². The molecule has 0 aliphatic carbocycles. The van der Waals surface area contributed by atoms with Gasteiger partial charge in [0.05, 0.1) is 6.54 Å². The highest BCUT2D eigenvalue weighted by atomic mass is 32.2. The Morgan fingerprint density at radius 3 is 2.50 bits per heavy atom. The van der Waals surface area contributed by atoms with Crippen molar-refractivity contribution in [1.29, 1.82) is 0 Å². The van der Waals surface area contributed by atoms with Crippen molar-refractivity contribution in [3.05, 3.63) is 29.8 Å². The SMILES string of the molecule is CCN(CCCO)CC(=O)c1ccc(SC)cc1. The third-order valence-electron chi connectivity index (χ3n) is 2.86. The van der Waals surface area contributed by atoms with Crippen LogP contribution in [0.4, 0.5) is 0 Å². The molecule has 1 aromatic carbocycles. The van der Waals surface area contributed by atoms with Gasteiger partial charge in [0.25, 0.3) is 0 Å². The lowest BCUT2D eigenvalue weighted by Gasteiger charge is -2.18. The standard InChI is InChI=1S/C14H21NO2S/c1-3-15(9-4-10-16)11-14(17)12-5-7-13(18-2)8-6-12/h5-8,16H,3-4,9-11H2,1-2H3. The molecule has 1 rings (SSSR count). The molecule has 100 valence electrons. The number of thioether (sulfide) groups is 1. The summed E-state index contributed by atoms with van der Waals surface area (Å²) in [5, 5.41) is 8.81. The number of aliphatic hydroxyl groups is 1. The number of ketones is 1. The summed E-state index contributed by atoms with van der Waals surface area (Å²) in [5.74, 6) is 0.141. The van der Waals surface area contributed by atoms with E-state index in [1.165, 1.54) is 4.90 Å². The van der Waals surface area contributed by atoms with Crippen LogP contribution >= 0.6 is 11.8 Å². The molecule has 0 spiro atoms. The summed E-state index contributed by atoms with van der Waals surface area (Å²) >= 11 is 1.67. The minimum Gasteiger partial charge on any atom is -0.396 e. The first-order valence-electron chi connectivity index (χ1n) is 6.21. The van der Waals surface area contributed by atoms with Crippen molar-refractivity contribution in [3.63, 3.8) is 0 Å². The fourth-order valence-corrected chi connectivity index (χ4v) is 2.12. The molecular formula is C14H21NO2S. The summed E-state index contributed by atoms with van der Waals surface area (Å²) in [7, 11) is 0. The molecule has 0 saturated heterocycles. The zero-order chi connectivity index (χ0) is 13.4. The molecule has 0 atom stereocenters. The second-order valence-electron chi connectivity index (χ2n) is 4.10. The van der Waals surface area contributed by atoms with E-state index in [0.29, 0.717) is 13.0 Å². The molecule has 1 aromatic rings. The highest BCUT2D eigenvalue weighted by Crippen LogP contribution is 2.15. The summed E-state index contributed by atoms with van der Waals surface area (Å²) < 4.78 is 0. The van der Waals surface area contributed by atoms with Gasteiger partial charge in [0, 0.05) is 23.6 Å². The Bertz CT molecular complexity index is 365. The molecule has 3 nitrogen and oxygen atoms in total. The maximum Gasteiger partial charge on any atom is 0.176 e. The first-order chi connectivity index (χ1) is 8.71. The number of hydrogen-bond donors (Lipinski definition) is 1. The molecule has 1 N–H and O–H groups in total. The molecule has 4 heteroatoms. The summed E-state index contributed by atoms with van der Waals surface area (Å²) in [6.07, 6.45) is 2.73. The van der Waals surface area contributed by atoms with E-state index in [2.05, 4.69) is 4.90 Å². The summed E-state index contributed by atoms with van der Waals surface area (Å²) in [5.41, 5.74) is 0.759. The molecular weight excluding hydrogens is 246 g/mol. The third-order valence-corrected chi connectivity index (χ3v) is 3.60. The molecule has 0 amide bonds. The van der Waals surface area contributed by atoms with E-state index >= 15 is 0 Å². The van der Waals surface area contributed by atoms with Crippen LogP contribution in [0, 0.1) is 0 Å². The van der Waals surface area contributed by atoms with Gasteiger partial charge in [-0.05, 0) is 31.4 Å². The van der Waals surface area contributed by atoms with Crippen molar-refractivity contribution in [2.45, 2.75) is 18.2 Å². The zero-order valence-electron chi connectivity index (χ0n) is 11.1. The molecule has 0 aromatic heterocycles. The Morgan fingerprint density at radius 1 is 1.33 bits per heavy atom. The fraction of sp³-hybridized carbons (Fsp3) is 0.500. The second-order valence-corrected chi connectivity index (χ2v) is 4.98. The number of benzene rings is 1. The van der Waals surface area contributed by atoms with E-state index in [0.717, 1.165) is 18.7 Å². The van der Waals surface area contributed by atoms with Gasteiger partial charge >= 0.3 is 0 Å². The molecule has 0 bridgehead atoms. The minimum absolute atomic E-state index is 0.141. The first-order valence-corrected chi connectivity index (χ1v) is 7.44. The van der Waals surface area contributed by atoms with Crippen LogP contribution < -0.4 is 0 Å². The predicted molar refractivity (Wildman–Crippen MR) is 76.4 cm³/mol. The van der Waals surface area contributed by atoms with Gasteiger partial charge in [-0.15, -0.1) is 11.8 Å². The van der Waals surface area contributed by atoms with Crippen LogP contribution in [0.3, 0.4) is 0 Å². The lowest BCUT2D eigenvalue weighted by atomic mass is 10.1. The van der Waals surface area contributed by atoms with Crippen molar-refractivity contribution < 1.29 is 9.90 Å². The summed E-state index contributed by atoms with van der Waals surface area (Å²) in [4.78, 5) is 15.3. The Hall–Kier alpha value is -0.840. The number of aliphatic hydroxyl groups excluding tert-OH is 1. The molecule has 0 aliphatic rings. The van der Waals surface area contributed by atoms with Gasteiger partial charge in [-0.25, -0.2) is 0 Å². The Morgan fingerprint density at radius 2 is 2.00 bits per heavy atom. The third kappa shape index (κ3) is 4.80. The molecule has 0 unspecified atom stereocenters. The van der Waals surface area contributed by atoms with Gasteiger partial charge < -0.3 is 5.11 Å². The van der Waals surface area contributed by atoms with Crippen LogP contribution in [0.1, 0.15) is 23.7 Å². The first kappa shape index (κ1) is 15.2. The van der Waals surface area contributed by atoms with Gasteiger partial charge in [0.2, 0.25) is 0 Å². The Kier molecular flexibility index (Phi) is 7.01. The van der Waals surface area contributed by atoms with Crippen LogP contribution in [-0.2, 0) is 0 Å². The van der Waals surface area contributed by atoms with Crippen molar-refractivity contribution in [2.75, 3.05) is 32.5 Å². The highest BCUT2D eigenvalue weighted by molar-refractivity contribution is 7.98. The molecule has 0 heterocycles. The summed E-state index contributed by atoms with van der Waals surface area (Å²) in [6.45, 7) is 4.22. The molecule has 18 heavy (non-hydrogen) atoms. The van der Waals surface area contributed by atoms with E-state index in [1.807, 2.05) is 37.4 Å². The van der Waals surface area contributed by atoms with Gasteiger partial charge in [0.15, 0.2) is 5.78 Å². The van der Waals surface area contributed by atoms with Crippen molar-refractivity contribution >= 4 is 17.5 Å². The molecule has 0 saturated carbocycles. The quantitative estimate of drug-likeness (QED) is 0.579. The van der Waals surface area contributed by atoms with E-state index in [-0.39, 0.29) is 12.4 Å².